The average Bonchev–Trinajstić information content (AvgIpc) is 4.11. The van der Waals surface area contributed by atoms with Gasteiger partial charge in [-0.25, -0.2) is 14.6 Å². The summed E-state index contributed by atoms with van der Waals surface area (Å²) in [5.74, 6) is 0.266. The number of nitrogens with zero attached hydrogens (tertiary/aromatic N) is 3. The summed E-state index contributed by atoms with van der Waals surface area (Å²) >= 11 is 0. The van der Waals surface area contributed by atoms with Crippen molar-refractivity contribution in [3.8, 4) is 22.4 Å². The van der Waals surface area contributed by atoms with Crippen LogP contribution in [0.15, 0.2) is 73.1 Å². The number of rotatable bonds is 12. The fourth-order valence-electron chi connectivity index (χ4n) is 8.71. The molecule has 2 saturated heterocycles. The molecule has 2 fully saturated rings. The van der Waals surface area contributed by atoms with Gasteiger partial charge < -0.3 is 50.3 Å². The molecule has 1 unspecified atom stereocenters. The van der Waals surface area contributed by atoms with Gasteiger partial charge in [0.2, 0.25) is 11.8 Å². The zero-order valence-electron chi connectivity index (χ0n) is 35.3. The van der Waals surface area contributed by atoms with Gasteiger partial charge >= 0.3 is 12.2 Å². The molecule has 3 aliphatic heterocycles. The first-order valence-corrected chi connectivity index (χ1v) is 20.6. The molecule has 15 heteroatoms. The summed E-state index contributed by atoms with van der Waals surface area (Å²) in [4.78, 5) is 63.4. The molecule has 1 aromatic heterocycles. The Balaban J connectivity index is 1.01. The molecule has 3 aromatic carbocycles. The summed E-state index contributed by atoms with van der Waals surface area (Å²) < 4.78 is 15.0. The van der Waals surface area contributed by atoms with Crippen molar-refractivity contribution in [2.24, 2.45) is 5.92 Å². The van der Waals surface area contributed by atoms with Crippen LogP contribution < -0.4 is 21.3 Å². The standard InChI is InChI=1S/C45H56N8O7/c1-26(2)37(50-43(56)59-6)40(54)52-20-8-10-36(52)39-46-24-35(48-39)33-18-17-31-22-30(15-16-32(31)23-33)28-11-13-29(14-12-28)34-25-47-42(49-34)45(4)19-9-21-53(45)41(55)38(27(3)58-5)51-44(57)60-7/h11-18,22-27,36-38,42,47,49H,8-10,19-21H2,1-7H3,(H,46,48)(H,50,56)(H,51,57)/t27-,36+,37+,38+,42?,45+/m1/s1. The number of likely N-dealkylation sites (tertiary alicyclic amines) is 2. The predicted molar refractivity (Wildman–Crippen MR) is 228 cm³/mol. The minimum absolute atomic E-state index is 0.107. The second-order valence-electron chi connectivity index (χ2n) is 16.4. The quantitative estimate of drug-likeness (QED) is 0.116. The topological polar surface area (TPSA) is 179 Å². The largest absolute Gasteiger partial charge is 0.453 e. The number of imidazole rings is 1. The lowest BCUT2D eigenvalue weighted by Crippen LogP contribution is -2.64. The summed E-state index contributed by atoms with van der Waals surface area (Å²) in [5, 5.41) is 14.7. The van der Waals surface area contributed by atoms with Gasteiger partial charge in [-0.05, 0) is 85.0 Å². The van der Waals surface area contributed by atoms with E-state index in [0.29, 0.717) is 13.1 Å². The Morgan fingerprint density at radius 3 is 2.10 bits per heavy atom. The van der Waals surface area contributed by atoms with Gasteiger partial charge in [-0.1, -0.05) is 62.4 Å². The molecular formula is C45H56N8O7. The van der Waals surface area contributed by atoms with E-state index in [1.807, 2.05) is 36.0 Å². The van der Waals surface area contributed by atoms with E-state index < -0.39 is 35.9 Å². The second kappa shape index (κ2) is 17.6. The Labute approximate surface area is 350 Å². The van der Waals surface area contributed by atoms with Crippen LogP contribution in [-0.2, 0) is 23.8 Å². The van der Waals surface area contributed by atoms with Crippen molar-refractivity contribution in [3.63, 3.8) is 0 Å². The number of nitrogens with one attached hydrogen (secondary N) is 5. The van der Waals surface area contributed by atoms with E-state index in [4.69, 9.17) is 19.2 Å². The number of methoxy groups -OCH3 is 3. The SMILES string of the molecule is COC(=O)N[C@H](C(=O)N1CCC[C@H]1c1ncc(-c2ccc3cc(-c4ccc(C5=CNC([C@]6(C)CCCN6C(=O)[C@@H](NC(=O)OC)[C@@H](C)OC)N5)cc4)ccc3c2)[nH]1)C(C)C. The number of hydrogen-bond acceptors (Lipinski definition) is 10. The third kappa shape index (κ3) is 8.35. The Bertz CT molecular complexity index is 2260. The van der Waals surface area contributed by atoms with Crippen LogP contribution >= 0.6 is 0 Å². The summed E-state index contributed by atoms with van der Waals surface area (Å²) in [5.41, 5.74) is 5.41. The monoisotopic (exact) mass is 820 g/mol. The lowest BCUT2D eigenvalue weighted by molar-refractivity contribution is -0.141. The van der Waals surface area contributed by atoms with Crippen molar-refractivity contribution < 1.29 is 33.4 Å². The molecule has 0 spiro atoms. The van der Waals surface area contributed by atoms with E-state index in [1.165, 1.54) is 21.3 Å². The molecule has 4 amide bonds. The van der Waals surface area contributed by atoms with Crippen LogP contribution in [0.3, 0.4) is 0 Å². The van der Waals surface area contributed by atoms with Crippen molar-refractivity contribution >= 4 is 40.5 Å². The van der Waals surface area contributed by atoms with Gasteiger partial charge in [0, 0.05) is 32.0 Å². The first-order valence-electron chi connectivity index (χ1n) is 20.6. The lowest BCUT2D eigenvalue weighted by atomic mass is 9.93. The number of aromatic amines is 1. The molecular weight excluding hydrogens is 765 g/mol. The number of carbonyl (C=O) groups is 4. The van der Waals surface area contributed by atoms with E-state index >= 15 is 0 Å². The number of benzene rings is 3. The molecule has 4 heterocycles. The molecule has 0 radical (unpaired) electrons. The van der Waals surface area contributed by atoms with Gasteiger partial charge in [-0.3, -0.25) is 9.59 Å². The van der Waals surface area contributed by atoms with E-state index in [-0.39, 0.29) is 29.9 Å². The molecule has 5 N–H and O–H groups in total. The smallest absolute Gasteiger partial charge is 0.407 e. The van der Waals surface area contributed by atoms with Crippen molar-refractivity contribution in [2.45, 2.75) is 89.3 Å². The molecule has 60 heavy (non-hydrogen) atoms. The highest BCUT2D eigenvalue weighted by Gasteiger charge is 2.49. The van der Waals surface area contributed by atoms with Gasteiger partial charge in [0.15, 0.2) is 0 Å². The maximum Gasteiger partial charge on any atom is 0.407 e. The number of carbonyl (C=O) groups excluding carboxylic acids is 4. The molecule has 3 aliphatic rings. The number of hydrogen-bond donors (Lipinski definition) is 5. The Hall–Kier alpha value is -6.09. The van der Waals surface area contributed by atoms with Crippen LogP contribution in [0.1, 0.15) is 70.8 Å². The average molecular weight is 821 g/mol. The van der Waals surface area contributed by atoms with Crippen LogP contribution in [0.2, 0.25) is 0 Å². The number of fused-ring (bicyclic) bond motifs is 1. The van der Waals surface area contributed by atoms with Crippen LogP contribution in [0.4, 0.5) is 9.59 Å². The minimum Gasteiger partial charge on any atom is -0.453 e. The highest BCUT2D eigenvalue weighted by Crippen LogP contribution is 2.37. The fraction of sp³-hybridized carbons (Fsp3) is 0.444. The van der Waals surface area contributed by atoms with Crippen molar-refractivity contribution in [1.82, 2.24) is 41.0 Å². The van der Waals surface area contributed by atoms with Crippen LogP contribution in [-0.4, -0.2) is 108 Å². The maximum atomic E-state index is 13.9. The number of aromatic nitrogens is 2. The summed E-state index contributed by atoms with van der Waals surface area (Å²) in [6.07, 6.45) is 4.92. The van der Waals surface area contributed by atoms with Gasteiger partial charge in [0.1, 0.15) is 24.1 Å². The zero-order chi connectivity index (χ0) is 42.7. The molecule has 0 aliphatic carbocycles. The van der Waals surface area contributed by atoms with E-state index in [9.17, 15) is 19.2 Å². The number of amides is 4. The Morgan fingerprint density at radius 1 is 0.800 bits per heavy atom. The van der Waals surface area contributed by atoms with Gasteiger partial charge in [0.05, 0.1) is 49.5 Å². The molecule has 0 saturated carbocycles. The summed E-state index contributed by atoms with van der Waals surface area (Å²) in [6.45, 7) is 8.78. The highest BCUT2D eigenvalue weighted by molar-refractivity contribution is 5.91. The summed E-state index contributed by atoms with van der Waals surface area (Å²) in [7, 11) is 4.08. The van der Waals surface area contributed by atoms with Crippen molar-refractivity contribution in [3.05, 3.63) is 84.4 Å². The maximum absolute atomic E-state index is 13.9. The van der Waals surface area contributed by atoms with Crippen LogP contribution in [0.5, 0.6) is 0 Å². The van der Waals surface area contributed by atoms with Crippen LogP contribution in [0, 0.1) is 5.92 Å². The number of ether oxygens (including phenoxy) is 3. The third-order valence-electron chi connectivity index (χ3n) is 12.3. The predicted octanol–water partition coefficient (Wildman–Crippen LogP) is 5.90. The molecule has 15 nitrogen and oxygen atoms in total. The first kappa shape index (κ1) is 42.0. The van der Waals surface area contributed by atoms with Gasteiger partial charge in [0.25, 0.3) is 0 Å². The second-order valence-corrected chi connectivity index (χ2v) is 16.4. The van der Waals surface area contributed by atoms with E-state index in [1.54, 1.807) is 6.92 Å². The van der Waals surface area contributed by atoms with Crippen molar-refractivity contribution in [2.75, 3.05) is 34.4 Å². The van der Waals surface area contributed by atoms with E-state index in [2.05, 4.69) is 93.8 Å². The Kier molecular flexibility index (Phi) is 12.4. The minimum atomic E-state index is -0.889. The van der Waals surface area contributed by atoms with E-state index in [0.717, 1.165) is 75.9 Å². The highest BCUT2D eigenvalue weighted by atomic mass is 16.5. The van der Waals surface area contributed by atoms with Crippen LogP contribution in [0.25, 0.3) is 38.9 Å². The molecule has 7 rings (SSSR count). The zero-order valence-corrected chi connectivity index (χ0v) is 35.3. The van der Waals surface area contributed by atoms with Gasteiger partial charge in [-0.15, -0.1) is 0 Å². The molecule has 6 atom stereocenters. The third-order valence-corrected chi connectivity index (χ3v) is 12.3. The van der Waals surface area contributed by atoms with Crippen molar-refractivity contribution in [1.29, 1.82) is 0 Å². The molecule has 318 valence electrons. The molecule has 4 aromatic rings. The van der Waals surface area contributed by atoms with Gasteiger partial charge in [-0.2, -0.15) is 0 Å². The molecule has 0 bridgehead atoms. The Morgan fingerprint density at radius 2 is 1.43 bits per heavy atom. The fourth-order valence-corrected chi connectivity index (χ4v) is 8.71. The summed E-state index contributed by atoms with van der Waals surface area (Å²) in [6, 6.07) is 19.4. The normalized spacial score (nSPS) is 21.5. The number of H-pyrrole nitrogens is 1. The lowest BCUT2D eigenvalue weighted by Gasteiger charge is -2.42. The number of alkyl carbamates (subject to hydrolysis) is 2. The first-order chi connectivity index (χ1) is 28.8.